The van der Waals surface area contributed by atoms with Crippen LogP contribution in [0, 0.1) is 0 Å². The van der Waals surface area contributed by atoms with Gasteiger partial charge in [-0.2, -0.15) is 0 Å². The van der Waals surface area contributed by atoms with E-state index in [1.165, 1.54) is 0 Å². The van der Waals surface area contributed by atoms with Gasteiger partial charge < -0.3 is 15.1 Å². The van der Waals surface area contributed by atoms with E-state index in [1.54, 1.807) is 23.2 Å². The Kier molecular flexibility index (Phi) is 4.70. The summed E-state index contributed by atoms with van der Waals surface area (Å²) >= 11 is 0. The van der Waals surface area contributed by atoms with Gasteiger partial charge in [-0.05, 0) is 31.9 Å². The number of nitrogen functional groups attached to an aromatic ring is 1. The van der Waals surface area contributed by atoms with E-state index in [2.05, 4.69) is 10.4 Å². The average molecular weight is 264 g/mol. The second-order valence-corrected chi connectivity index (χ2v) is 4.52. The molecule has 6 heteroatoms. The number of hydrazine groups is 1. The first-order valence-electron chi connectivity index (χ1n) is 6.58. The SMILES string of the molecule is CCN(CC1CCCO1)C(=O)c1cccnc1NN. The molecule has 1 aliphatic heterocycles. The van der Waals surface area contributed by atoms with Gasteiger partial charge in [0.1, 0.15) is 0 Å². The van der Waals surface area contributed by atoms with Crippen LogP contribution in [0.5, 0.6) is 0 Å². The molecule has 3 N–H and O–H groups in total. The number of hydrogen-bond donors (Lipinski definition) is 2. The van der Waals surface area contributed by atoms with Gasteiger partial charge in [0, 0.05) is 25.9 Å². The number of likely N-dealkylation sites (N-methyl/N-ethyl adjacent to an activating group) is 1. The Morgan fingerprint density at radius 1 is 1.68 bits per heavy atom. The minimum Gasteiger partial charge on any atom is -0.376 e. The van der Waals surface area contributed by atoms with Crippen LogP contribution in [-0.2, 0) is 4.74 Å². The van der Waals surface area contributed by atoms with Crippen LogP contribution < -0.4 is 11.3 Å². The number of aromatic nitrogens is 1. The van der Waals surface area contributed by atoms with Crippen molar-refractivity contribution in [2.45, 2.75) is 25.9 Å². The van der Waals surface area contributed by atoms with Crippen molar-refractivity contribution < 1.29 is 9.53 Å². The molecule has 0 bridgehead atoms. The molecule has 1 aliphatic rings. The van der Waals surface area contributed by atoms with Gasteiger partial charge in [0.05, 0.1) is 11.7 Å². The number of anilines is 1. The van der Waals surface area contributed by atoms with Gasteiger partial charge in [-0.15, -0.1) is 0 Å². The molecule has 19 heavy (non-hydrogen) atoms. The summed E-state index contributed by atoms with van der Waals surface area (Å²) in [5, 5.41) is 0. The standard InChI is InChI=1S/C13H20N4O2/c1-2-17(9-10-5-4-8-19-10)13(18)11-6-3-7-15-12(11)16-14/h3,6-7,10H,2,4-5,8-9,14H2,1H3,(H,15,16). The number of pyridine rings is 1. The van der Waals surface area contributed by atoms with Crippen LogP contribution in [0.3, 0.4) is 0 Å². The van der Waals surface area contributed by atoms with Gasteiger partial charge in [-0.3, -0.25) is 4.79 Å². The zero-order valence-corrected chi connectivity index (χ0v) is 11.1. The zero-order valence-electron chi connectivity index (χ0n) is 11.1. The summed E-state index contributed by atoms with van der Waals surface area (Å²) in [5.41, 5.74) is 2.95. The predicted molar refractivity (Wildman–Crippen MR) is 72.6 cm³/mol. The van der Waals surface area contributed by atoms with Crippen molar-refractivity contribution in [1.29, 1.82) is 0 Å². The lowest BCUT2D eigenvalue weighted by atomic mass is 10.2. The van der Waals surface area contributed by atoms with Gasteiger partial charge in [0.2, 0.25) is 0 Å². The molecule has 0 radical (unpaired) electrons. The van der Waals surface area contributed by atoms with Gasteiger partial charge in [0.25, 0.3) is 5.91 Å². The van der Waals surface area contributed by atoms with Crippen molar-refractivity contribution in [2.24, 2.45) is 5.84 Å². The molecular weight excluding hydrogens is 244 g/mol. The molecule has 0 spiro atoms. The summed E-state index contributed by atoms with van der Waals surface area (Å²) in [6.45, 7) is 4.00. The molecule has 1 aromatic rings. The number of rotatable bonds is 5. The number of amides is 1. The second-order valence-electron chi connectivity index (χ2n) is 4.52. The summed E-state index contributed by atoms with van der Waals surface area (Å²) in [6, 6.07) is 3.46. The summed E-state index contributed by atoms with van der Waals surface area (Å²) in [4.78, 5) is 18.3. The Hall–Kier alpha value is -1.66. The first-order chi connectivity index (χ1) is 9.26. The van der Waals surface area contributed by atoms with Crippen LogP contribution >= 0.6 is 0 Å². The third kappa shape index (κ3) is 3.21. The Labute approximate surface area is 112 Å². The fourth-order valence-corrected chi connectivity index (χ4v) is 2.25. The van der Waals surface area contributed by atoms with Crippen LogP contribution in [0.15, 0.2) is 18.3 Å². The third-order valence-corrected chi connectivity index (χ3v) is 3.29. The van der Waals surface area contributed by atoms with Crippen molar-refractivity contribution in [3.63, 3.8) is 0 Å². The molecule has 1 unspecified atom stereocenters. The quantitative estimate of drug-likeness (QED) is 0.613. The molecule has 1 aromatic heterocycles. The topological polar surface area (TPSA) is 80.5 Å². The van der Waals surface area contributed by atoms with E-state index in [9.17, 15) is 4.79 Å². The van der Waals surface area contributed by atoms with Crippen molar-refractivity contribution in [1.82, 2.24) is 9.88 Å². The van der Waals surface area contributed by atoms with Crippen LogP contribution in [0.1, 0.15) is 30.1 Å². The highest BCUT2D eigenvalue weighted by Crippen LogP contribution is 2.17. The zero-order chi connectivity index (χ0) is 13.7. The maximum atomic E-state index is 12.5. The minimum absolute atomic E-state index is 0.0703. The van der Waals surface area contributed by atoms with E-state index in [4.69, 9.17) is 10.6 Å². The number of nitrogens with one attached hydrogen (secondary N) is 1. The maximum Gasteiger partial charge on any atom is 0.257 e. The van der Waals surface area contributed by atoms with Crippen molar-refractivity contribution in [3.05, 3.63) is 23.9 Å². The molecule has 1 saturated heterocycles. The Balaban J connectivity index is 2.10. The predicted octanol–water partition coefficient (Wildman–Crippen LogP) is 1.01. The first-order valence-corrected chi connectivity index (χ1v) is 6.58. The molecule has 1 fully saturated rings. The largest absolute Gasteiger partial charge is 0.376 e. The van der Waals surface area contributed by atoms with E-state index in [1.807, 2.05) is 6.92 Å². The van der Waals surface area contributed by atoms with Crippen molar-refractivity contribution in [3.8, 4) is 0 Å². The number of ether oxygens (including phenoxy) is 1. The molecular formula is C13H20N4O2. The molecule has 6 nitrogen and oxygen atoms in total. The van der Waals surface area contributed by atoms with E-state index in [-0.39, 0.29) is 12.0 Å². The van der Waals surface area contributed by atoms with Gasteiger partial charge in [-0.1, -0.05) is 0 Å². The van der Waals surface area contributed by atoms with Gasteiger partial charge in [0.15, 0.2) is 5.82 Å². The average Bonchev–Trinajstić information content (AvgIpc) is 2.97. The summed E-state index contributed by atoms with van der Waals surface area (Å²) in [6.07, 6.45) is 3.83. The van der Waals surface area contributed by atoms with Gasteiger partial charge in [-0.25, -0.2) is 10.8 Å². The monoisotopic (exact) mass is 264 g/mol. The number of nitrogens with two attached hydrogens (primary N) is 1. The molecule has 2 rings (SSSR count). The first kappa shape index (κ1) is 13.8. The molecule has 0 aromatic carbocycles. The smallest absolute Gasteiger partial charge is 0.257 e. The van der Waals surface area contributed by atoms with Crippen LogP contribution in [0.25, 0.3) is 0 Å². The molecule has 1 amide bonds. The fraction of sp³-hybridized carbons (Fsp3) is 0.538. The Morgan fingerprint density at radius 2 is 2.53 bits per heavy atom. The van der Waals surface area contributed by atoms with Crippen molar-refractivity contribution in [2.75, 3.05) is 25.1 Å². The third-order valence-electron chi connectivity index (χ3n) is 3.29. The Bertz CT molecular complexity index is 432. The van der Waals surface area contributed by atoms with E-state index in [0.717, 1.165) is 19.4 Å². The number of carbonyl (C=O) groups excluding carboxylic acids is 1. The number of nitrogens with zero attached hydrogens (tertiary/aromatic N) is 2. The summed E-state index contributed by atoms with van der Waals surface area (Å²) in [5.74, 6) is 5.72. The van der Waals surface area contributed by atoms with Crippen molar-refractivity contribution >= 4 is 11.7 Å². The summed E-state index contributed by atoms with van der Waals surface area (Å²) in [7, 11) is 0. The van der Waals surface area contributed by atoms with Crippen LogP contribution in [0.2, 0.25) is 0 Å². The van der Waals surface area contributed by atoms with E-state index < -0.39 is 0 Å². The Morgan fingerprint density at radius 3 is 3.16 bits per heavy atom. The normalized spacial score (nSPS) is 18.3. The highest BCUT2D eigenvalue weighted by molar-refractivity contribution is 5.98. The highest BCUT2D eigenvalue weighted by Gasteiger charge is 2.23. The fourth-order valence-electron chi connectivity index (χ4n) is 2.25. The van der Waals surface area contributed by atoms with E-state index >= 15 is 0 Å². The molecule has 104 valence electrons. The molecule has 2 heterocycles. The lowest BCUT2D eigenvalue weighted by molar-refractivity contribution is 0.0539. The highest BCUT2D eigenvalue weighted by atomic mass is 16.5. The lowest BCUT2D eigenvalue weighted by Crippen LogP contribution is -2.37. The lowest BCUT2D eigenvalue weighted by Gasteiger charge is -2.24. The minimum atomic E-state index is -0.0703. The van der Waals surface area contributed by atoms with Gasteiger partial charge >= 0.3 is 0 Å². The maximum absolute atomic E-state index is 12.5. The summed E-state index contributed by atoms with van der Waals surface area (Å²) < 4.78 is 5.58. The molecule has 0 saturated carbocycles. The number of hydrogen-bond acceptors (Lipinski definition) is 5. The van der Waals surface area contributed by atoms with E-state index in [0.29, 0.717) is 24.5 Å². The number of carbonyl (C=O) groups is 1. The van der Waals surface area contributed by atoms with Crippen LogP contribution in [0.4, 0.5) is 5.82 Å². The van der Waals surface area contributed by atoms with Crippen LogP contribution in [-0.4, -0.2) is 41.6 Å². The second kappa shape index (κ2) is 6.49. The molecule has 0 aliphatic carbocycles. The molecule has 1 atom stereocenters.